The minimum absolute atomic E-state index is 0.144. The molecule has 3 heterocycles. The highest BCUT2D eigenvalue weighted by molar-refractivity contribution is 6.11. The summed E-state index contributed by atoms with van der Waals surface area (Å²) in [5.41, 5.74) is 7.65. The maximum Gasteiger partial charge on any atom is 0.188 e. The topological polar surface area (TPSA) is 29.8 Å². The van der Waals surface area contributed by atoms with Crippen LogP contribution in [0.15, 0.2) is 103 Å². The fraction of sp³-hybridized carbons (Fsp3) is 0.0882. The molecule has 0 bridgehead atoms. The third kappa shape index (κ3) is 3.27. The van der Waals surface area contributed by atoms with Crippen molar-refractivity contribution >= 4 is 50.4 Å². The Bertz CT molecular complexity index is 1910. The van der Waals surface area contributed by atoms with Crippen molar-refractivity contribution in [1.29, 1.82) is 0 Å². The van der Waals surface area contributed by atoms with Crippen molar-refractivity contribution in [3.63, 3.8) is 0 Å². The Balaban J connectivity index is 1.49. The van der Waals surface area contributed by atoms with E-state index >= 15 is 0 Å². The van der Waals surface area contributed by atoms with Crippen LogP contribution < -0.4 is 4.90 Å². The van der Waals surface area contributed by atoms with E-state index in [0.29, 0.717) is 11.4 Å². The van der Waals surface area contributed by atoms with Crippen LogP contribution in [0.4, 0.5) is 28.6 Å². The molecule has 184 valence electrons. The van der Waals surface area contributed by atoms with Crippen molar-refractivity contribution in [2.24, 2.45) is 0 Å². The highest BCUT2D eigenvalue weighted by atomic mass is 15.2. The van der Waals surface area contributed by atoms with Gasteiger partial charge in [0.1, 0.15) is 11.6 Å². The molecule has 39 heavy (non-hydrogen) atoms. The molecule has 6 aromatic rings. The van der Waals surface area contributed by atoms with Gasteiger partial charge < -0.3 is 0 Å². The van der Waals surface area contributed by atoms with Crippen molar-refractivity contribution < 1.29 is 0 Å². The first-order valence-electron chi connectivity index (χ1n) is 12.8. The number of fused-ring (bicyclic) bond motifs is 5. The Hall–Kier alpha value is -5.39. The van der Waals surface area contributed by atoms with Gasteiger partial charge in [-0.3, -0.25) is 9.47 Å². The van der Waals surface area contributed by atoms with E-state index in [2.05, 4.69) is 87.6 Å². The summed E-state index contributed by atoms with van der Waals surface area (Å²) in [5.74, 6) is 1.60. The normalized spacial score (nSPS) is 13.5. The Morgan fingerprint density at radius 2 is 1.13 bits per heavy atom. The number of hydrogen-bond acceptors (Lipinski definition) is 2. The largest absolute Gasteiger partial charge is 0.294 e. The number of rotatable bonds is 2. The van der Waals surface area contributed by atoms with E-state index in [-0.39, 0.29) is 5.41 Å². The summed E-state index contributed by atoms with van der Waals surface area (Å²) in [6.07, 6.45) is 0. The van der Waals surface area contributed by atoms with Gasteiger partial charge in [0, 0.05) is 5.41 Å². The van der Waals surface area contributed by atoms with Crippen molar-refractivity contribution in [2.45, 2.75) is 19.3 Å². The molecule has 0 spiro atoms. The highest BCUT2D eigenvalue weighted by Gasteiger charge is 2.36. The predicted octanol–water partition coefficient (Wildman–Crippen LogP) is 9.39. The first-order chi connectivity index (χ1) is 19.0. The number of anilines is 3. The average Bonchev–Trinajstić information content (AvgIpc) is 3.30. The van der Waals surface area contributed by atoms with Gasteiger partial charge in [-0.25, -0.2) is 14.7 Å². The standard InChI is InChI=1S/C34H23N5/c1-34(2)26-10-5-7-12-30(26)39(31-13-8-6-11-27(31)34)33-15-9-14-32(37-33)38-28-18-16-22(35-3)20-24(28)25-21-23(36-4)17-19-29(25)38/h5-21H,1-2H3. The number of pyridine rings is 1. The van der Waals surface area contributed by atoms with Gasteiger partial charge in [0.25, 0.3) is 0 Å². The monoisotopic (exact) mass is 501 g/mol. The zero-order valence-electron chi connectivity index (χ0n) is 21.6. The lowest BCUT2D eigenvalue weighted by Gasteiger charge is -2.41. The Morgan fingerprint density at radius 1 is 0.615 bits per heavy atom. The molecule has 0 N–H and O–H groups in total. The second-order valence-electron chi connectivity index (χ2n) is 10.3. The van der Waals surface area contributed by atoms with Crippen LogP contribution in [-0.2, 0) is 5.41 Å². The van der Waals surface area contributed by atoms with Crippen LogP contribution in [0, 0.1) is 13.1 Å². The van der Waals surface area contributed by atoms with Gasteiger partial charge in [-0.15, -0.1) is 0 Å². The zero-order valence-corrected chi connectivity index (χ0v) is 21.6. The smallest absolute Gasteiger partial charge is 0.188 e. The van der Waals surface area contributed by atoms with Crippen molar-refractivity contribution in [1.82, 2.24) is 9.55 Å². The predicted molar refractivity (Wildman–Crippen MR) is 158 cm³/mol. The molecule has 1 aliphatic rings. The maximum atomic E-state index is 7.52. The molecule has 0 amide bonds. The van der Waals surface area contributed by atoms with Crippen LogP contribution in [0.25, 0.3) is 37.3 Å². The molecule has 1 aliphatic heterocycles. The van der Waals surface area contributed by atoms with E-state index in [1.54, 1.807) is 0 Å². The summed E-state index contributed by atoms with van der Waals surface area (Å²) in [7, 11) is 0. The van der Waals surface area contributed by atoms with Gasteiger partial charge in [-0.05, 0) is 70.4 Å². The molecule has 2 aromatic heterocycles. The lowest BCUT2D eigenvalue weighted by atomic mass is 9.73. The fourth-order valence-corrected chi connectivity index (χ4v) is 5.96. The first-order valence-corrected chi connectivity index (χ1v) is 12.8. The molecular weight excluding hydrogens is 478 g/mol. The Morgan fingerprint density at radius 3 is 1.67 bits per heavy atom. The summed E-state index contributed by atoms with van der Waals surface area (Å²) in [5, 5.41) is 1.87. The van der Waals surface area contributed by atoms with Gasteiger partial charge in [0.05, 0.1) is 35.6 Å². The highest BCUT2D eigenvalue weighted by Crippen LogP contribution is 2.51. The lowest BCUT2D eigenvalue weighted by molar-refractivity contribution is 0.631. The molecule has 0 saturated heterocycles. The number of aromatic nitrogens is 2. The molecule has 0 saturated carbocycles. The summed E-state index contributed by atoms with van der Waals surface area (Å²) in [4.78, 5) is 14.8. The molecule has 0 radical (unpaired) electrons. The van der Waals surface area contributed by atoms with Gasteiger partial charge >= 0.3 is 0 Å². The van der Waals surface area contributed by atoms with Crippen molar-refractivity contribution in [3.05, 3.63) is 137 Å². The van der Waals surface area contributed by atoms with Crippen LogP contribution in [0.5, 0.6) is 0 Å². The second-order valence-corrected chi connectivity index (χ2v) is 10.3. The molecule has 7 rings (SSSR count). The zero-order chi connectivity index (χ0) is 26.7. The SMILES string of the molecule is [C-]#[N+]c1ccc2c(c1)c1cc([N+]#[C-])ccc1n2-c1cccc(N2c3ccccc3C(C)(C)c3ccccc32)n1. The van der Waals surface area contributed by atoms with E-state index in [4.69, 9.17) is 18.1 Å². The van der Waals surface area contributed by atoms with Gasteiger partial charge in [-0.1, -0.05) is 68.4 Å². The van der Waals surface area contributed by atoms with Crippen LogP contribution >= 0.6 is 0 Å². The number of para-hydroxylation sites is 2. The summed E-state index contributed by atoms with van der Waals surface area (Å²) in [6, 6.07) is 34.6. The van der Waals surface area contributed by atoms with E-state index in [9.17, 15) is 0 Å². The maximum absolute atomic E-state index is 7.52. The third-order valence-corrected chi connectivity index (χ3v) is 7.80. The van der Waals surface area contributed by atoms with Crippen molar-refractivity contribution in [3.8, 4) is 5.82 Å². The molecule has 0 fully saturated rings. The molecular formula is C34H23N5. The first kappa shape index (κ1) is 22.8. The van der Waals surface area contributed by atoms with Crippen LogP contribution in [0.2, 0.25) is 0 Å². The molecule has 0 unspecified atom stereocenters. The molecule has 0 atom stereocenters. The van der Waals surface area contributed by atoms with Crippen molar-refractivity contribution in [2.75, 3.05) is 4.90 Å². The van der Waals surface area contributed by atoms with Crippen LogP contribution in [-0.4, -0.2) is 9.55 Å². The minimum atomic E-state index is -0.144. The average molecular weight is 502 g/mol. The van der Waals surface area contributed by atoms with Gasteiger partial charge in [0.15, 0.2) is 11.4 Å². The van der Waals surface area contributed by atoms with Gasteiger partial charge in [0.2, 0.25) is 0 Å². The van der Waals surface area contributed by atoms with E-state index in [1.807, 2.05) is 48.5 Å². The Labute approximate surface area is 226 Å². The van der Waals surface area contributed by atoms with E-state index in [0.717, 1.165) is 44.8 Å². The Kier molecular flexibility index (Phi) is 4.86. The molecule has 5 heteroatoms. The lowest BCUT2D eigenvalue weighted by Crippen LogP contribution is -2.30. The fourth-order valence-electron chi connectivity index (χ4n) is 5.96. The number of hydrogen-bond donors (Lipinski definition) is 0. The summed E-state index contributed by atoms with van der Waals surface area (Å²) < 4.78 is 2.13. The molecule has 5 nitrogen and oxygen atoms in total. The molecule has 4 aromatic carbocycles. The van der Waals surface area contributed by atoms with Crippen LogP contribution in [0.1, 0.15) is 25.0 Å². The number of nitrogens with zero attached hydrogens (tertiary/aromatic N) is 5. The third-order valence-electron chi connectivity index (χ3n) is 7.80. The van der Waals surface area contributed by atoms with Crippen LogP contribution in [0.3, 0.4) is 0 Å². The summed E-state index contributed by atoms with van der Waals surface area (Å²) >= 11 is 0. The van der Waals surface area contributed by atoms with E-state index < -0.39 is 0 Å². The van der Waals surface area contributed by atoms with E-state index in [1.165, 1.54) is 11.1 Å². The number of benzene rings is 4. The van der Waals surface area contributed by atoms with Gasteiger partial charge in [-0.2, -0.15) is 0 Å². The minimum Gasteiger partial charge on any atom is -0.294 e. The summed E-state index contributed by atoms with van der Waals surface area (Å²) in [6.45, 7) is 19.6. The second kappa shape index (κ2) is 8.31. The quantitative estimate of drug-likeness (QED) is 0.221. The molecule has 0 aliphatic carbocycles.